The van der Waals surface area contributed by atoms with E-state index in [1.165, 1.54) is 0 Å². The van der Waals surface area contributed by atoms with Gasteiger partial charge in [0.25, 0.3) is 16.0 Å². The van der Waals surface area contributed by atoms with E-state index in [2.05, 4.69) is 4.99 Å². The molecule has 2 rings (SSSR count). The molecular formula is C14H11ClFNO5S2. The van der Waals surface area contributed by atoms with Gasteiger partial charge in [0.2, 0.25) is 5.90 Å². The predicted molar refractivity (Wildman–Crippen MR) is 88.2 cm³/mol. The van der Waals surface area contributed by atoms with Crippen LogP contribution in [0.5, 0.6) is 0 Å². The average Bonchev–Trinajstić information content (AvgIpc) is 2.90. The number of carbonyl (C=O) groups excluding carboxylic acids is 1. The quantitative estimate of drug-likeness (QED) is 0.492. The Kier molecular flexibility index (Phi) is 5.38. The molecule has 0 aliphatic rings. The summed E-state index contributed by atoms with van der Waals surface area (Å²) in [5.41, 5.74) is 0.152. The molecule has 0 fully saturated rings. The third-order valence-corrected chi connectivity index (χ3v) is 5.41. The molecule has 24 heavy (non-hydrogen) atoms. The lowest BCUT2D eigenvalue weighted by molar-refractivity contribution is 0.100. The van der Waals surface area contributed by atoms with Gasteiger partial charge >= 0.3 is 0 Å². The second-order valence-corrected chi connectivity index (χ2v) is 7.25. The number of benzene rings is 1. The highest BCUT2D eigenvalue weighted by molar-refractivity contribution is 7.86. The second kappa shape index (κ2) is 6.98. The van der Waals surface area contributed by atoms with Crippen molar-refractivity contribution in [2.45, 2.75) is 11.8 Å². The van der Waals surface area contributed by atoms with Crippen LogP contribution in [-0.4, -0.2) is 31.9 Å². The van der Waals surface area contributed by atoms with Crippen LogP contribution < -0.4 is 0 Å². The monoisotopic (exact) mass is 391 g/mol. The van der Waals surface area contributed by atoms with Gasteiger partial charge in [-0.2, -0.15) is 13.4 Å². The van der Waals surface area contributed by atoms with Crippen LogP contribution in [0.3, 0.4) is 0 Å². The lowest BCUT2D eigenvalue weighted by Crippen LogP contribution is -2.13. The minimum atomic E-state index is -4.68. The van der Waals surface area contributed by atoms with Gasteiger partial charge in [0, 0.05) is 0 Å². The molecule has 1 N–H and O–H groups in total. The van der Waals surface area contributed by atoms with Gasteiger partial charge in [-0.15, -0.1) is 11.3 Å². The number of halogens is 2. The number of aliphatic imine (C=N–C) groups is 1. The molecule has 0 saturated carbocycles. The molecule has 0 radical (unpaired) electrons. The fourth-order valence-corrected chi connectivity index (χ4v) is 3.77. The number of thiophene rings is 1. The van der Waals surface area contributed by atoms with Gasteiger partial charge in [0.1, 0.15) is 10.7 Å². The third-order valence-electron chi connectivity index (χ3n) is 3.00. The number of hydrogen-bond donors (Lipinski definition) is 1. The lowest BCUT2D eigenvalue weighted by Gasteiger charge is -2.10. The number of aryl methyl sites for hydroxylation is 1. The van der Waals surface area contributed by atoms with E-state index in [9.17, 15) is 17.6 Å². The van der Waals surface area contributed by atoms with E-state index < -0.39 is 43.2 Å². The Bertz CT molecular complexity index is 937. The van der Waals surface area contributed by atoms with Gasteiger partial charge in [-0.25, -0.2) is 4.39 Å². The predicted octanol–water partition coefficient (Wildman–Crippen LogP) is 3.33. The minimum absolute atomic E-state index is 0.326. The van der Waals surface area contributed by atoms with Crippen LogP contribution in [0.1, 0.15) is 20.8 Å². The van der Waals surface area contributed by atoms with Crippen LogP contribution in [0.15, 0.2) is 33.5 Å². The van der Waals surface area contributed by atoms with E-state index in [0.29, 0.717) is 10.4 Å². The number of methoxy groups -OCH3 is 1. The number of carbonyl (C=O) groups is 1. The molecule has 10 heteroatoms. The molecule has 1 heterocycles. The summed E-state index contributed by atoms with van der Waals surface area (Å²) in [4.78, 5) is 15.5. The molecule has 0 aliphatic carbocycles. The summed E-state index contributed by atoms with van der Waals surface area (Å²) in [6.07, 6.45) is 0. The Hall–Kier alpha value is -1.81. The van der Waals surface area contributed by atoms with E-state index in [-0.39, 0.29) is 0 Å². The van der Waals surface area contributed by atoms with Crippen molar-refractivity contribution in [3.05, 3.63) is 50.4 Å². The fraction of sp³-hybridized carbons (Fsp3) is 0.143. The number of rotatable bonds is 3. The Labute approximate surface area is 146 Å². The molecule has 0 atom stereocenters. The number of amides is 1. The molecule has 128 valence electrons. The first-order valence-electron chi connectivity index (χ1n) is 6.33. The van der Waals surface area contributed by atoms with Crippen LogP contribution in [0, 0.1) is 12.7 Å². The molecule has 0 aliphatic heterocycles. The van der Waals surface area contributed by atoms with Crippen LogP contribution in [0.25, 0.3) is 0 Å². The number of ether oxygens (including phenoxy) is 1. The smallest absolute Gasteiger partial charge is 0.296 e. The van der Waals surface area contributed by atoms with E-state index in [4.69, 9.17) is 20.9 Å². The van der Waals surface area contributed by atoms with Crippen LogP contribution in [0.4, 0.5) is 4.39 Å². The molecule has 1 amide bonds. The summed E-state index contributed by atoms with van der Waals surface area (Å²) < 4.78 is 50.7. The zero-order valence-electron chi connectivity index (χ0n) is 12.4. The van der Waals surface area contributed by atoms with Gasteiger partial charge in [-0.05, 0) is 36.1 Å². The lowest BCUT2D eigenvalue weighted by atomic mass is 10.2. The summed E-state index contributed by atoms with van der Waals surface area (Å²) in [7, 11) is -3.56. The maximum atomic E-state index is 14.1. The van der Waals surface area contributed by atoms with Crippen molar-refractivity contribution < 1.29 is 26.9 Å². The largest absolute Gasteiger partial charge is 0.480 e. The maximum Gasteiger partial charge on any atom is 0.296 e. The first-order valence-corrected chi connectivity index (χ1v) is 9.03. The molecule has 2 aromatic rings. The zero-order valence-corrected chi connectivity index (χ0v) is 14.8. The third kappa shape index (κ3) is 3.64. The standard InChI is InChI=1S/C14H11ClFNO5S2/c1-7-5-6-23-12(7)13(18)17-14(22-2)10-8(16)3-4-9(11(10)15)24(19,20)21/h3-6H,1-2H3,(H,19,20,21). The van der Waals surface area contributed by atoms with Crippen molar-refractivity contribution in [2.24, 2.45) is 4.99 Å². The van der Waals surface area contributed by atoms with E-state index >= 15 is 0 Å². The van der Waals surface area contributed by atoms with Crippen molar-refractivity contribution in [2.75, 3.05) is 7.11 Å². The Balaban J connectivity index is 2.62. The molecule has 1 aromatic carbocycles. The highest BCUT2D eigenvalue weighted by atomic mass is 35.5. The Morgan fingerprint density at radius 2 is 2.04 bits per heavy atom. The zero-order chi connectivity index (χ0) is 18.1. The Morgan fingerprint density at radius 1 is 1.38 bits per heavy atom. The van der Waals surface area contributed by atoms with Crippen molar-refractivity contribution >= 4 is 44.9 Å². The summed E-state index contributed by atoms with van der Waals surface area (Å²) >= 11 is 7.01. The highest BCUT2D eigenvalue weighted by Crippen LogP contribution is 2.29. The molecular weight excluding hydrogens is 381 g/mol. The van der Waals surface area contributed by atoms with Gasteiger partial charge in [-0.3, -0.25) is 9.35 Å². The first-order chi connectivity index (χ1) is 11.2. The summed E-state index contributed by atoms with van der Waals surface area (Å²) in [5, 5.41) is 1.06. The van der Waals surface area contributed by atoms with E-state index in [1.807, 2.05) is 0 Å². The SMILES string of the molecule is COC(=NC(=O)c1sccc1C)c1c(F)ccc(S(=O)(=O)O)c1Cl. The topological polar surface area (TPSA) is 93.0 Å². The molecule has 1 aromatic heterocycles. The summed E-state index contributed by atoms with van der Waals surface area (Å²) in [5.74, 6) is -2.14. The summed E-state index contributed by atoms with van der Waals surface area (Å²) in [6, 6.07) is 3.29. The van der Waals surface area contributed by atoms with Crippen LogP contribution >= 0.6 is 22.9 Å². The van der Waals surface area contributed by atoms with Crippen molar-refractivity contribution in [1.82, 2.24) is 0 Å². The fourth-order valence-electron chi connectivity index (χ4n) is 1.87. The molecule has 0 saturated heterocycles. The number of hydrogen-bond acceptors (Lipinski definition) is 5. The molecule has 0 spiro atoms. The second-order valence-electron chi connectivity index (χ2n) is 4.57. The molecule has 6 nitrogen and oxygen atoms in total. The van der Waals surface area contributed by atoms with Gasteiger partial charge in [-0.1, -0.05) is 11.6 Å². The van der Waals surface area contributed by atoms with E-state index in [0.717, 1.165) is 30.6 Å². The van der Waals surface area contributed by atoms with Gasteiger partial charge < -0.3 is 4.74 Å². The van der Waals surface area contributed by atoms with Crippen LogP contribution in [0.2, 0.25) is 5.02 Å². The molecule has 0 unspecified atom stereocenters. The minimum Gasteiger partial charge on any atom is -0.480 e. The highest BCUT2D eigenvalue weighted by Gasteiger charge is 2.25. The Morgan fingerprint density at radius 3 is 2.54 bits per heavy atom. The molecule has 0 bridgehead atoms. The first kappa shape index (κ1) is 18.5. The van der Waals surface area contributed by atoms with Crippen LogP contribution in [-0.2, 0) is 14.9 Å². The van der Waals surface area contributed by atoms with E-state index in [1.54, 1.807) is 18.4 Å². The normalized spacial score (nSPS) is 12.3. The summed E-state index contributed by atoms with van der Waals surface area (Å²) in [6.45, 7) is 1.71. The van der Waals surface area contributed by atoms with Gasteiger partial charge in [0.05, 0.1) is 22.6 Å². The van der Waals surface area contributed by atoms with Crippen molar-refractivity contribution in [3.63, 3.8) is 0 Å². The van der Waals surface area contributed by atoms with Gasteiger partial charge in [0.15, 0.2) is 0 Å². The maximum absolute atomic E-state index is 14.1. The van der Waals surface area contributed by atoms with Crippen molar-refractivity contribution in [3.8, 4) is 0 Å². The number of nitrogens with zero attached hydrogens (tertiary/aromatic N) is 1. The van der Waals surface area contributed by atoms with Crippen molar-refractivity contribution in [1.29, 1.82) is 0 Å². The average molecular weight is 392 g/mol.